The van der Waals surface area contributed by atoms with Gasteiger partial charge in [0, 0.05) is 0 Å². The molecule has 6 heteroatoms. The summed E-state index contributed by atoms with van der Waals surface area (Å²) in [5.41, 5.74) is 4.93. The lowest BCUT2D eigenvalue weighted by atomic mass is 10.0. The lowest BCUT2D eigenvalue weighted by Gasteiger charge is -2.14. The molecule has 0 saturated carbocycles. The van der Waals surface area contributed by atoms with E-state index in [-0.39, 0.29) is 18.3 Å². The van der Waals surface area contributed by atoms with Crippen LogP contribution in [0.2, 0.25) is 0 Å². The molecule has 0 aliphatic carbocycles. The van der Waals surface area contributed by atoms with E-state index in [1.54, 1.807) is 0 Å². The van der Waals surface area contributed by atoms with Crippen molar-refractivity contribution in [3.63, 3.8) is 0 Å². The van der Waals surface area contributed by atoms with E-state index in [9.17, 15) is 4.79 Å². The van der Waals surface area contributed by atoms with E-state index in [1.165, 1.54) is 10.9 Å². The lowest BCUT2D eigenvalue weighted by molar-refractivity contribution is -0.00807. The van der Waals surface area contributed by atoms with Gasteiger partial charge in [-0.3, -0.25) is 4.57 Å². The Morgan fingerprint density at radius 2 is 2.44 bits per heavy atom. The molecule has 0 amide bonds. The Labute approximate surface area is 93.5 Å². The van der Waals surface area contributed by atoms with Crippen LogP contribution in [0, 0.1) is 5.92 Å². The van der Waals surface area contributed by atoms with Crippen LogP contribution in [0.1, 0.15) is 32.9 Å². The van der Waals surface area contributed by atoms with Crippen molar-refractivity contribution < 1.29 is 4.74 Å². The van der Waals surface area contributed by atoms with E-state index < -0.39 is 5.69 Å². The molecule has 0 radical (unpaired) electrons. The molecule has 1 aliphatic heterocycles. The SMILES string of the molecule is CCC1OC(n2cnc(N)nc2=O)CC1C. The molecule has 1 fully saturated rings. The van der Waals surface area contributed by atoms with Gasteiger partial charge in [0.25, 0.3) is 0 Å². The van der Waals surface area contributed by atoms with Gasteiger partial charge < -0.3 is 10.5 Å². The minimum absolute atomic E-state index is 0.000614. The van der Waals surface area contributed by atoms with E-state index in [0.29, 0.717) is 5.92 Å². The molecule has 0 spiro atoms. The third kappa shape index (κ3) is 1.92. The number of hydrogen-bond donors (Lipinski definition) is 1. The molecule has 1 aromatic rings. The van der Waals surface area contributed by atoms with Gasteiger partial charge in [-0.05, 0) is 18.8 Å². The van der Waals surface area contributed by atoms with Crippen LogP contribution >= 0.6 is 0 Å². The van der Waals surface area contributed by atoms with Crippen LogP contribution in [0.3, 0.4) is 0 Å². The molecule has 3 atom stereocenters. The zero-order chi connectivity index (χ0) is 11.7. The van der Waals surface area contributed by atoms with Gasteiger partial charge in [-0.2, -0.15) is 4.98 Å². The predicted octanol–water partition coefficient (Wildman–Crippen LogP) is 0.554. The first-order chi connectivity index (χ1) is 7.61. The molecular formula is C10H16N4O2. The fourth-order valence-corrected chi connectivity index (χ4v) is 2.09. The molecule has 2 N–H and O–H groups in total. The van der Waals surface area contributed by atoms with Crippen LogP contribution < -0.4 is 11.4 Å². The summed E-state index contributed by atoms with van der Waals surface area (Å²) in [7, 11) is 0. The second-order valence-corrected chi connectivity index (χ2v) is 4.15. The fourth-order valence-electron chi connectivity index (χ4n) is 2.09. The van der Waals surface area contributed by atoms with E-state index in [0.717, 1.165) is 12.8 Å². The molecule has 88 valence electrons. The summed E-state index contributed by atoms with van der Waals surface area (Å²) in [6.45, 7) is 4.20. The van der Waals surface area contributed by atoms with Gasteiger partial charge in [-0.1, -0.05) is 13.8 Å². The quantitative estimate of drug-likeness (QED) is 0.793. The average molecular weight is 224 g/mol. The van der Waals surface area contributed by atoms with Crippen LogP contribution in [-0.2, 0) is 4.74 Å². The molecule has 2 heterocycles. The zero-order valence-electron chi connectivity index (χ0n) is 9.46. The molecule has 3 unspecified atom stereocenters. The van der Waals surface area contributed by atoms with E-state index in [4.69, 9.17) is 10.5 Å². The maximum atomic E-state index is 11.6. The number of hydrogen-bond acceptors (Lipinski definition) is 5. The van der Waals surface area contributed by atoms with Gasteiger partial charge in [0.2, 0.25) is 5.95 Å². The highest BCUT2D eigenvalue weighted by Crippen LogP contribution is 2.33. The van der Waals surface area contributed by atoms with Crippen LogP contribution in [0.4, 0.5) is 5.95 Å². The summed E-state index contributed by atoms with van der Waals surface area (Å²) in [6.07, 6.45) is 3.11. The van der Waals surface area contributed by atoms with Crippen molar-refractivity contribution in [3.05, 3.63) is 16.8 Å². The van der Waals surface area contributed by atoms with Crippen LogP contribution in [0.15, 0.2) is 11.1 Å². The standard InChI is InChI=1S/C10H16N4O2/c1-3-7-6(2)4-8(16-7)14-5-12-9(11)13-10(14)15/h5-8H,3-4H2,1-2H3,(H2,11,13,15). The summed E-state index contributed by atoms with van der Waals surface area (Å²) in [5, 5.41) is 0. The van der Waals surface area contributed by atoms with E-state index in [1.807, 2.05) is 0 Å². The number of nitrogens with zero attached hydrogens (tertiary/aromatic N) is 3. The van der Waals surface area contributed by atoms with Gasteiger partial charge in [0.05, 0.1) is 6.10 Å². The second kappa shape index (κ2) is 4.21. The zero-order valence-corrected chi connectivity index (χ0v) is 9.46. The first-order valence-corrected chi connectivity index (χ1v) is 5.48. The number of anilines is 1. The predicted molar refractivity (Wildman–Crippen MR) is 58.7 cm³/mol. The van der Waals surface area contributed by atoms with Crippen LogP contribution in [-0.4, -0.2) is 20.6 Å². The maximum absolute atomic E-state index is 11.6. The number of rotatable bonds is 2. The monoisotopic (exact) mass is 224 g/mol. The Hall–Kier alpha value is -1.43. The van der Waals surface area contributed by atoms with Crippen molar-refractivity contribution in [1.29, 1.82) is 0 Å². The van der Waals surface area contributed by atoms with Crippen molar-refractivity contribution >= 4 is 5.95 Å². The lowest BCUT2D eigenvalue weighted by Crippen LogP contribution is -2.28. The Morgan fingerprint density at radius 3 is 3.00 bits per heavy atom. The van der Waals surface area contributed by atoms with Crippen molar-refractivity contribution in [2.75, 3.05) is 5.73 Å². The Bertz CT molecular complexity index is 431. The van der Waals surface area contributed by atoms with Crippen molar-refractivity contribution in [1.82, 2.24) is 14.5 Å². The molecule has 0 bridgehead atoms. The highest BCUT2D eigenvalue weighted by molar-refractivity contribution is 5.09. The largest absolute Gasteiger partial charge is 0.368 e. The summed E-state index contributed by atoms with van der Waals surface area (Å²) in [4.78, 5) is 19.0. The van der Waals surface area contributed by atoms with E-state index in [2.05, 4.69) is 23.8 Å². The second-order valence-electron chi connectivity index (χ2n) is 4.15. The Balaban J connectivity index is 2.23. The summed E-state index contributed by atoms with van der Waals surface area (Å²) in [5.74, 6) is 0.443. The first-order valence-electron chi connectivity index (χ1n) is 5.48. The Kier molecular flexibility index (Phi) is 2.91. The van der Waals surface area contributed by atoms with Gasteiger partial charge in [0.15, 0.2) is 0 Å². The average Bonchev–Trinajstić information content (AvgIpc) is 2.59. The molecule has 1 aliphatic rings. The van der Waals surface area contributed by atoms with E-state index >= 15 is 0 Å². The van der Waals surface area contributed by atoms with Gasteiger partial charge in [0.1, 0.15) is 12.6 Å². The molecule has 1 saturated heterocycles. The molecule has 16 heavy (non-hydrogen) atoms. The number of aromatic nitrogens is 3. The van der Waals surface area contributed by atoms with Crippen molar-refractivity contribution in [2.24, 2.45) is 5.92 Å². The topological polar surface area (TPSA) is 83.0 Å². The van der Waals surface area contributed by atoms with Crippen LogP contribution in [0.25, 0.3) is 0 Å². The third-order valence-electron chi connectivity index (χ3n) is 3.00. The smallest absolute Gasteiger partial charge is 0.354 e. The summed E-state index contributed by atoms with van der Waals surface area (Å²) >= 11 is 0. The fraction of sp³-hybridized carbons (Fsp3) is 0.700. The number of nitrogen functional groups attached to an aromatic ring is 1. The van der Waals surface area contributed by atoms with Crippen molar-refractivity contribution in [2.45, 2.75) is 39.0 Å². The highest BCUT2D eigenvalue weighted by Gasteiger charge is 2.32. The number of nitrogens with two attached hydrogens (primary N) is 1. The molecule has 2 rings (SSSR count). The minimum Gasteiger partial charge on any atom is -0.368 e. The third-order valence-corrected chi connectivity index (χ3v) is 3.00. The maximum Gasteiger partial charge on any atom is 0.354 e. The van der Waals surface area contributed by atoms with Gasteiger partial charge in [-0.25, -0.2) is 9.78 Å². The molecule has 1 aromatic heterocycles. The Morgan fingerprint density at radius 1 is 1.69 bits per heavy atom. The highest BCUT2D eigenvalue weighted by atomic mass is 16.5. The normalized spacial score (nSPS) is 29.5. The summed E-state index contributed by atoms with van der Waals surface area (Å²) in [6, 6.07) is 0. The van der Waals surface area contributed by atoms with Gasteiger partial charge >= 0.3 is 5.69 Å². The van der Waals surface area contributed by atoms with Gasteiger partial charge in [-0.15, -0.1) is 0 Å². The number of ether oxygens (including phenoxy) is 1. The molecule has 6 nitrogen and oxygen atoms in total. The molecular weight excluding hydrogens is 208 g/mol. The van der Waals surface area contributed by atoms with Crippen LogP contribution in [0.5, 0.6) is 0 Å². The minimum atomic E-state index is -0.401. The molecule has 0 aromatic carbocycles. The van der Waals surface area contributed by atoms with Crippen molar-refractivity contribution in [3.8, 4) is 0 Å². The first kappa shape index (κ1) is 11.1. The summed E-state index contributed by atoms with van der Waals surface area (Å²) < 4.78 is 7.18.